The van der Waals surface area contributed by atoms with Crippen molar-refractivity contribution in [3.05, 3.63) is 70.8 Å². The topological polar surface area (TPSA) is 70.1 Å². The van der Waals surface area contributed by atoms with Crippen molar-refractivity contribution < 1.29 is 4.79 Å². The molecule has 22 heavy (non-hydrogen) atoms. The van der Waals surface area contributed by atoms with Gasteiger partial charge in [0.2, 0.25) is 5.91 Å². The third-order valence-corrected chi connectivity index (χ3v) is 4.12. The van der Waals surface area contributed by atoms with Crippen LogP contribution in [0.4, 0.5) is 0 Å². The Bertz CT molecular complexity index is 731. The zero-order valence-corrected chi connectivity index (χ0v) is 12.2. The van der Waals surface area contributed by atoms with Gasteiger partial charge in [-0.25, -0.2) is 0 Å². The highest BCUT2D eigenvalue weighted by molar-refractivity contribution is 5.82. The van der Waals surface area contributed by atoms with E-state index >= 15 is 0 Å². The van der Waals surface area contributed by atoms with Gasteiger partial charge in [0.25, 0.3) is 0 Å². The number of hydrogen-bond acceptors (Lipinski definition) is 3. The number of carbonyl (C=O) groups excluding carboxylic acids is 1. The number of rotatable bonds is 3. The van der Waals surface area contributed by atoms with Crippen molar-refractivity contribution in [1.82, 2.24) is 4.90 Å². The zero-order chi connectivity index (χ0) is 15.5. The van der Waals surface area contributed by atoms with Crippen LogP contribution in [0.1, 0.15) is 28.3 Å². The van der Waals surface area contributed by atoms with Crippen LogP contribution in [0.2, 0.25) is 0 Å². The van der Waals surface area contributed by atoms with E-state index in [1.807, 2.05) is 30.3 Å². The highest BCUT2D eigenvalue weighted by Gasteiger charge is 2.31. The molecule has 2 aromatic rings. The molecule has 1 atom stereocenters. The lowest BCUT2D eigenvalue weighted by atomic mass is 9.91. The summed E-state index contributed by atoms with van der Waals surface area (Å²) in [6.07, 6.45) is 0.913. The number of hydrogen-bond donors (Lipinski definition) is 1. The van der Waals surface area contributed by atoms with Crippen molar-refractivity contribution in [2.24, 2.45) is 5.73 Å². The SMILES string of the molecule is N#Cc1ccc(CN2CCc3ccccc3[C@H]2C(N)=O)cc1. The summed E-state index contributed by atoms with van der Waals surface area (Å²) in [6, 6.07) is 17.2. The van der Waals surface area contributed by atoms with E-state index in [1.165, 1.54) is 5.56 Å². The lowest BCUT2D eigenvalue weighted by Gasteiger charge is -2.35. The Hall–Kier alpha value is -2.64. The average molecular weight is 291 g/mol. The third-order valence-electron chi connectivity index (χ3n) is 4.12. The number of amides is 1. The highest BCUT2D eigenvalue weighted by Crippen LogP contribution is 2.30. The Morgan fingerprint density at radius 3 is 2.64 bits per heavy atom. The number of fused-ring (bicyclic) bond motifs is 1. The molecule has 0 unspecified atom stereocenters. The molecule has 0 aromatic heterocycles. The van der Waals surface area contributed by atoms with E-state index in [1.54, 1.807) is 12.1 Å². The highest BCUT2D eigenvalue weighted by atomic mass is 16.1. The van der Waals surface area contributed by atoms with Gasteiger partial charge in [-0.3, -0.25) is 9.69 Å². The molecule has 2 aromatic carbocycles. The number of nitriles is 1. The first kappa shape index (κ1) is 14.3. The normalized spacial score (nSPS) is 17.5. The van der Waals surface area contributed by atoms with Crippen LogP contribution in [0.3, 0.4) is 0 Å². The Balaban J connectivity index is 1.87. The molecule has 0 saturated heterocycles. The molecular weight excluding hydrogens is 274 g/mol. The second-order valence-corrected chi connectivity index (χ2v) is 5.53. The van der Waals surface area contributed by atoms with Gasteiger partial charge < -0.3 is 5.73 Å². The number of nitrogens with zero attached hydrogens (tertiary/aromatic N) is 2. The maximum Gasteiger partial charge on any atom is 0.239 e. The summed E-state index contributed by atoms with van der Waals surface area (Å²) in [4.78, 5) is 14.1. The molecule has 110 valence electrons. The largest absolute Gasteiger partial charge is 0.368 e. The minimum Gasteiger partial charge on any atom is -0.368 e. The molecule has 0 radical (unpaired) electrons. The molecule has 0 fully saturated rings. The van der Waals surface area contributed by atoms with Crippen LogP contribution in [0, 0.1) is 11.3 Å². The molecule has 4 nitrogen and oxygen atoms in total. The van der Waals surface area contributed by atoms with E-state index in [9.17, 15) is 4.79 Å². The fourth-order valence-electron chi connectivity index (χ4n) is 3.04. The monoisotopic (exact) mass is 291 g/mol. The van der Waals surface area contributed by atoms with Gasteiger partial charge in [-0.2, -0.15) is 5.26 Å². The van der Waals surface area contributed by atoms with Crippen molar-refractivity contribution >= 4 is 5.91 Å². The van der Waals surface area contributed by atoms with E-state index in [-0.39, 0.29) is 11.9 Å². The molecule has 3 rings (SSSR count). The van der Waals surface area contributed by atoms with E-state index in [4.69, 9.17) is 11.0 Å². The molecule has 0 bridgehead atoms. The Morgan fingerprint density at radius 1 is 1.23 bits per heavy atom. The molecule has 0 aliphatic carbocycles. The van der Waals surface area contributed by atoms with Crippen LogP contribution in [0.25, 0.3) is 0 Å². The number of nitrogens with two attached hydrogens (primary N) is 1. The maximum absolute atomic E-state index is 12.0. The molecular formula is C18H17N3O. The minimum absolute atomic E-state index is 0.319. The Morgan fingerprint density at radius 2 is 1.95 bits per heavy atom. The molecule has 1 amide bonds. The van der Waals surface area contributed by atoms with Gasteiger partial charge in [-0.1, -0.05) is 36.4 Å². The summed E-state index contributed by atoms with van der Waals surface area (Å²) in [5, 5.41) is 8.85. The van der Waals surface area contributed by atoms with Crippen LogP contribution in [0.15, 0.2) is 48.5 Å². The predicted octanol–water partition coefficient (Wildman–Crippen LogP) is 2.14. The summed E-state index contributed by atoms with van der Waals surface area (Å²) in [5.41, 5.74) is 9.57. The van der Waals surface area contributed by atoms with Gasteiger partial charge in [0, 0.05) is 13.1 Å². The number of benzene rings is 2. The summed E-state index contributed by atoms with van der Waals surface area (Å²) >= 11 is 0. The summed E-state index contributed by atoms with van der Waals surface area (Å²) in [5.74, 6) is -0.319. The average Bonchev–Trinajstić information content (AvgIpc) is 2.55. The van der Waals surface area contributed by atoms with Crippen LogP contribution >= 0.6 is 0 Å². The summed E-state index contributed by atoms with van der Waals surface area (Å²) in [6.45, 7) is 1.44. The molecule has 4 heteroatoms. The number of primary amides is 1. The standard InChI is InChI=1S/C18H17N3O/c19-11-13-5-7-14(8-6-13)12-21-10-9-15-3-1-2-4-16(15)17(21)18(20)22/h1-8,17H,9-10,12H2,(H2,20,22)/t17-/m0/s1. The first-order valence-electron chi connectivity index (χ1n) is 7.29. The van der Waals surface area contributed by atoms with Crippen molar-refractivity contribution in [3.63, 3.8) is 0 Å². The van der Waals surface area contributed by atoms with Gasteiger partial charge in [0.15, 0.2) is 0 Å². The molecule has 1 aliphatic rings. The van der Waals surface area contributed by atoms with E-state index in [2.05, 4.69) is 17.0 Å². The van der Waals surface area contributed by atoms with Crippen LogP contribution in [0.5, 0.6) is 0 Å². The van der Waals surface area contributed by atoms with E-state index in [0.717, 1.165) is 24.1 Å². The molecule has 0 saturated carbocycles. The first-order chi connectivity index (χ1) is 10.7. The van der Waals surface area contributed by atoms with Crippen molar-refractivity contribution in [3.8, 4) is 6.07 Å². The van der Waals surface area contributed by atoms with Crippen molar-refractivity contribution in [1.29, 1.82) is 5.26 Å². The molecule has 0 spiro atoms. The molecule has 2 N–H and O–H groups in total. The van der Waals surface area contributed by atoms with E-state index < -0.39 is 0 Å². The van der Waals surface area contributed by atoms with Crippen LogP contribution in [-0.4, -0.2) is 17.4 Å². The van der Waals surface area contributed by atoms with Gasteiger partial charge in [0.1, 0.15) is 6.04 Å². The van der Waals surface area contributed by atoms with Crippen molar-refractivity contribution in [2.45, 2.75) is 19.0 Å². The third kappa shape index (κ3) is 2.72. The van der Waals surface area contributed by atoms with Gasteiger partial charge in [-0.15, -0.1) is 0 Å². The van der Waals surface area contributed by atoms with E-state index in [0.29, 0.717) is 12.1 Å². The lowest BCUT2D eigenvalue weighted by Crippen LogP contribution is -2.42. The van der Waals surface area contributed by atoms with Gasteiger partial charge in [0.05, 0.1) is 11.6 Å². The second kappa shape index (κ2) is 6.00. The molecule has 1 heterocycles. The lowest BCUT2D eigenvalue weighted by molar-refractivity contribution is -0.124. The van der Waals surface area contributed by atoms with Gasteiger partial charge in [-0.05, 0) is 35.2 Å². The smallest absolute Gasteiger partial charge is 0.239 e. The summed E-state index contributed by atoms with van der Waals surface area (Å²) in [7, 11) is 0. The number of carbonyl (C=O) groups is 1. The van der Waals surface area contributed by atoms with Crippen LogP contribution < -0.4 is 5.73 Å². The quantitative estimate of drug-likeness (QED) is 0.942. The second-order valence-electron chi connectivity index (χ2n) is 5.53. The fourth-order valence-corrected chi connectivity index (χ4v) is 3.04. The Labute approximate surface area is 129 Å². The van der Waals surface area contributed by atoms with Crippen LogP contribution in [-0.2, 0) is 17.8 Å². The Kier molecular flexibility index (Phi) is 3.90. The first-order valence-corrected chi connectivity index (χ1v) is 7.29. The zero-order valence-electron chi connectivity index (χ0n) is 12.2. The predicted molar refractivity (Wildman–Crippen MR) is 83.6 cm³/mol. The minimum atomic E-state index is -0.388. The van der Waals surface area contributed by atoms with Gasteiger partial charge >= 0.3 is 0 Å². The maximum atomic E-state index is 12.0. The fraction of sp³-hybridized carbons (Fsp3) is 0.222. The molecule has 1 aliphatic heterocycles. The summed E-state index contributed by atoms with van der Waals surface area (Å²) < 4.78 is 0. The van der Waals surface area contributed by atoms with Crippen molar-refractivity contribution in [2.75, 3.05) is 6.54 Å².